The maximum atomic E-state index is 13.3. The molecule has 22 rings (SSSR count). The number of rotatable bonds is 13. The van der Waals surface area contributed by atoms with E-state index in [2.05, 4.69) is 89.5 Å². The van der Waals surface area contributed by atoms with E-state index < -0.39 is 10.0 Å². The maximum absolute atomic E-state index is 13.3. The number of fused-ring (bicyclic) bond motifs is 8. The van der Waals surface area contributed by atoms with Crippen molar-refractivity contribution in [1.82, 2.24) is 104 Å². The van der Waals surface area contributed by atoms with Crippen LogP contribution in [0.2, 0.25) is 5.02 Å². The lowest BCUT2D eigenvalue weighted by molar-refractivity contribution is -0.614. The molecule has 0 radical (unpaired) electrons. The normalized spacial score (nSPS) is 13.8. The molecule has 748 valence electrons. The van der Waals surface area contributed by atoms with Crippen molar-refractivity contribution in [2.75, 3.05) is 38.8 Å². The van der Waals surface area contributed by atoms with E-state index in [0.29, 0.717) is 116 Å². The van der Waals surface area contributed by atoms with Crippen molar-refractivity contribution in [3.63, 3.8) is 0 Å². The number of sulfonamides is 1. The first-order valence-electron chi connectivity index (χ1n) is 46.7. The second-order valence-electron chi connectivity index (χ2n) is 33.7. The molecule has 0 spiro atoms. The summed E-state index contributed by atoms with van der Waals surface area (Å²) in [6.45, 7) is 21.6. The zero-order valence-corrected chi connectivity index (χ0v) is 84.5. The monoisotopic (exact) mass is 2110 g/mol. The molecule has 2 N–H and O–H groups in total. The topological polar surface area (TPSA) is 380 Å². The van der Waals surface area contributed by atoms with Crippen molar-refractivity contribution < 1.29 is 74.0 Å². The van der Waals surface area contributed by atoms with Gasteiger partial charge in [0.2, 0.25) is 15.7 Å². The Morgan fingerprint density at radius 2 is 0.736 bits per heavy atom. The first-order valence-corrected chi connectivity index (χ1v) is 49.8. The van der Waals surface area contributed by atoms with Crippen LogP contribution in [0.1, 0.15) is 132 Å². The molecule has 0 saturated heterocycles. The molecule has 35 nitrogen and oxygen atoms in total. The molecule has 8 aliphatic rings. The number of pyridine rings is 8. The fraction of sp³-hybridized carbons (Fsp3) is 0.301. The van der Waals surface area contributed by atoms with Gasteiger partial charge in [-0.25, -0.2) is 45.6 Å². The molecule has 5 amide bonds. The summed E-state index contributed by atoms with van der Waals surface area (Å²) in [6.07, 6.45) is 18.0. The van der Waals surface area contributed by atoms with E-state index in [-0.39, 0.29) is 60.2 Å². The van der Waals surface area contributed by atoms with Crippen LogP contribution in [0.25, 0.3) is 67.2 Å². The van der Waals surface area contributed by atoms with Crippen molar-refractivity contribution in [1.29, 1.82) is 0 Å². The number of carbonyl (C=O) groups is 5. The highest BCUT2D eigenvalue weighted by Crippen LogP contribution is 2.42. The fourth-order valence-corrected chi connectivity index (χ4v) is 19.1. The summed E-state index contributed by atoms with van der Waals surface area (Å²) in [7, 11) is 2.28. The molecular formula is C103H107ClF3IN22O13S. The van der Waals surface area contributed by atoms with E-state index in [4.69, 9.17) is 35.3 Å². The van der Waals surface area contributed by atoms with Gasteiger partial charge < -0.3 is 39.5 Å². The maximum Gasteiger partial charge on any atom is 0.410 e. The Hall–Kier alpha value is -14.7. The molecular weight excluding hydrogens is 2000 g/mol. The number of aryl methyl sites for hydroxylation is 3. The number of halogens is 5. The van der Waals surface area contributed by atoms with Crippen molar-refractivity contribution in [3.8, 4) is 67.2 Å². The Kier molecular flexibility index (Phi) is 34.5. The average molecular weight is 2110 g/mol. The third-order valence-corrected chi connectivity index (χ3v) is 27.3. The average Bonchev–Trinajstić information content (AvgIpc) is 1.51. The smallest absolute Gasteiger partial charge is 0.410 e. The van der Waals surface area contributed by atoms with Gasteiger partial charge in [0.1, 0.15) is 41.1 Å². The quantitative estimate of drug-likeness (QED) is 0.0468. The van der Waals surface area contributed by atoms with Crippen LogP contribution >= 0.6 is 34.2 Å². The summed E-state index contributed by atoms with van der Waals surface area (Å²) in [6, 6.07) is 39.9. The van der Waals surface area contributed by atoms with Crippen LogP contribution in [0.3, 0.4) is 0 Å². The summed E-state index contributed by atoms with van der Waals surface area (Å²) < 4.78 is 97.8. The predicted molar refractivity (Wildman–Crippen MR) is 537 cm³/mol. The van der Waals surface area contributed by atoms with Crippen LogP contribution in [-0.4, -0.2) is 171 Å². The van der Waals surface area contributed by atoms with E-state index in [9.17, 15) is 50.8 Å². The Labute approximate surface area is 849 Å². The van der Waals surface area contributed by atoms with Crippen LogP contribution in [-0.2, 0) is 160 Å². The van der Waals surface area contributed by atoms with Crippen molar-refractivity contribution in [3.05, 3.63) is 329 Å². The highest BCUT2D eigenvalue weighted by molar-refractivity contribution is 14.1. The fourth-order valence-electron chi connectivity index (χ4n) is 17.2. The highest BCUT2D eigenvalue weighted by atomic mass is 127. The van der Waals surface area contributed by atoms with Crippen molar-refractivity contribution in [2.24, 2.45) is 21.1 Å². The van der Waals surface area contributed by atoms with Crippen LogP contribution in [0.15, 0.2) is 208 Å². The van der Waals surface area contributed by atoms with Crippen LogP contribution < -0.4 is 15.4 Å². The molecule has 41 heteroatoms. The molecule has 3 aromatic carbocycles. The van der Waals surface area contributed by atoms with Gasteiger partial charge in [-0.2, -0.15) is 24.3 Å². The molecule has 14 aromatic rings. The number of carbonyl (C=O) groups excluding carboxylic acids is 5. The second-order valence-corrected chi connectivity index (χ2v) is 37.5. The number of nitrogens with zero attached hydrogens (tertiary/aromatic N) is 20. The SMILES string of the molecule is CCOC(=O)N1Cc2ccc[n+]([O-])c2C1.CCOC(=O)N1Cc2cccnc2C1.CCOC(=O)N1Cc2nccc(-c3cn(C)nc3-c3ccc(F)cc3)c2C1.CCOC(=O)N1Cc2nccc(Cl)c2C1.CCOC(=O)N1Cc2nccc(I)c2C1.CCS(=O)(=O)N1Cc2nccc(-c3cn(C)nc3-c3ccc(F)cc3)c2C1.Cn1cc(-c2ccnc3c2CNC3)c(-c2ccc(F)cc2)n1.c1cnc2c(c1)CNC2. The summed E-state index contributed by atoms with van der Waals surface area (Å²) in [4.78, 5) is 96.0. The Bertz CT molecular complexity index is 6860. The molecule has 0 bridgehead atoms. The second kappa shape index (κ2) is 47.9. The van der Waals surface area contributed by atoms with Gasteiger partial charge in [-0.1, -0.05) is 23.7 Å². The number of benzene rings is 3. The van der Waals surface area contributed by atoms with Gasteiger partial charge in [-0.3, -0.25) is 73.4 Å². The number of amides is 5. The minimum atomic E-state index is -3.30. The first-order chi connectivity index (χ1) is 69.6. The van der Waals surface area contributed by atoms with Gasteiger partial charge in [0.25, 0.3) is 0 Å². The predicted octanol–water partition coefficient (Wildman–Crippen LogP) is 17.0. The van der Waals surface area contributed by atoms with Crippen LogP contribution in [0.4, 0.5) is 37.1 Å². The number of nitrogens with one attached hydrogen (secondary N) is 2. The molecule has 0 fully saturated rings. The molecule has 8 aliphatic heterocycles. The Morgan fingerprint density at radius 3 is 1.19 bits per heavy atom. The van der Waals surface area contributed by atoms with Crippen molar-refractivity contribution >= 4 is 74.7 Å². The summed E-state index contributed by atoms with van der Waals surface area (Å²) in [5.41, 5.74) is 26.6. The van der Waals surface area contributed by atoms with Gasteiger partial charge in [-0.05, 0) is 224 Å². The first kappa shape index (κ1) is 104. The summed E-state index contributed by atoms with van der Waals surface area (Å²) >= 11 is 8.26. The molecule has 0 atom stereocenters. The molecule has 11 aromatic heterocycles. The van der Waals surface area contributed by atoms with Gasteiger partial charge in [0.15, 0.2) is 6.20 Å². The molecule has 144 heavy (non-hydrogen) atoms. The number of hydrogen-bond acceptors (Lipinski definition) is 25. The molecule has 0 saturated carbocycles. The largest absolute Gasteiger partial charge is 0.618 e. The van der Waals surface area contributed by atoms with Crippen LogP contribution in [0, 0.1) is 26.2 Å². The Morgan fingerprint density at radius 1 is 0.375 bits per heavy atom. The van der Waals surface area contributed by atoms with E-state index in [1.807, 2.05) is 108 Å². The standard InChI is InChI=1S/C20H19FN4O2.C19H19FN4O2S.C17H15FN4.C10H11ClN2O2.C10H11IN2O2.C10H12N2O3.C10H12N2O2.C7H8N2/c1-3-27-20(26)25-11-16-15(8-9-22-18(16)12-25)17-10-24(2)23-19(17)13-4-6-14(21)7-5-13;1-3-27(25,26)24-11-16-15(8-9-21-18(16)12-24)17-10-23(2)22-19(17)13-4-6-14(20)7-5-13;1-22-10-15(13-6-7-20-16-9-19-8-14(13)16)17(21-22)11-2-4-12(18)5-3-11;2*1-2-15-10(14)13-5-7-8(11)3-4-12-9(7)6-13;1-2-15-10(13)11-6-8-4-3-5-12(14)9(8)7-11;1-2-14-10(13)12-6-8-4-3-5-11-9(8)7-12;1-2-6-4-8-5-7(6)9-3-1/h2*4-10H,3,11-12H2,1-2H3;2-7,10,19H,8-9H2,1H3;2*3-4H,2,5-6H2,1H3;3-5H,2,6-7H2,1H3;3-5H,2,6-7H2,1H3;1-3,8H,4-5H2. The zero-order chi connectivity index (χ0) is 102. The summed E-state index contributed by atoms with van der Waals surface area (Å²) in [5.74, 6) is -0.771. The van der Waals surface area contributed by atoms with E-state index >= 15 is 0 Å². The third-order valence-electron chi connectivity index (χ3n) is 24.2. The van der Waals surface area contributed by atoms with Gasteiger partial charge >= 0.3 is 30.5 Å². The zero-order valence-electron chi connectivity index (χ0n) is 80.7. The number of aromatic nitrogens is 14. The van der Waals surface area contributed by atoms with E-state index in [1.165, 1.54) is 68.6 Å². The molecule has 0 aliphatic carbocycles. The minimum absolute atomic E-state index is 0.0596. The lowest BCUT2D eigenvalue weighted by atomic mass is 9.98. The number of hydrogen-bond donors (Lipinski definition) is 2. The van der Waals surface area contributed by atoms with Gasteiger partial charge in [-0.15, -0.1) is 0 Å². The van der Waals surface area contributed by atoms with Crippen molar-refractivity contribution in [2.45, 2.75) is 146 Å². The summed E-state index contributed by atoms with van der Waals surface area (Å²) in [5, 5.41) is 32.3. The molecule has 19 heterocycles. The van der Waals surface area contributed by atoms with Crippen LogP contribution in [0.5, 0.6) is 0 Å². The lowest BCUT2D eigenvalue weighted by Gasteiger charge is -2.14. The highest BCUT2D eigenvalue weighted by Gasteiger charge is 2.36. The minimum Gasteiger partial charge on any atom is -0.618 e. The van der Waals surface area contributed by atoms with E-state index in [0.717, 1.165) is 169 Å². The van der Waals surface area contributed by atoms with E-state index in [1.54, 1.807) is 148 Å². The lowest BCUT2D eigenvalue weighted by Crippen LogP contribution is -2.33. The number of ether oxygens (including phenoxy) is 5. The van der Waals surface area contributed by atoms with Gasteiger partial charge in [0, 0.05) is 186 Å². The van der Waals surface area contributed by atoms with Gasteiger partial charge in [0.05, 0.1) is 144 Å². The molecule has 0 unspecified atom stereocenters. The Balaban J connectivity index is 0.000000126. The third kappa shape index (κ3) is 24.9.